The molecule has 0 amide bonds. The Labute approximate surface area is 155 Å². The van der Waals surface area contributed by atoms with Crippen molar-refractivity contribution in [2.75, 3.05) is 0 Å². The van der Waals surface area contributed by atoms with Crippen LogP contribution in [-0.2, 0) is 0 Å². The van der Waals surface area contributed by atoms with Gasteiger partial charge in [0, 0.05) is 17.2 Å². The summed E-state index contributed by atoms with van der Waals surface area (Å²) in [4.78, 5) is 19.0. The van der Waals surface area contributed by atoms with Gasteiger partial charge in [-0.3, -0.25) is 4.79 Å². The summed E-state index contributed by atoms with van der Waals surface area (Å²) < 4.78 is 5.84. The number of benzene rings is 2. The highest BCUT2D eigenvalue weighted by molar-refractivity contribution is 5.94. The number of hydrogen-bond donors (Lipinski definition) is 1. The lowest BCUT2D eigenvalue weighted by molar-refractivity contribution is 0.101. The molecule has 130 valence electrons. The fraction of sp³-hybridized carbons (Fsp3) is 0.0455. The molecule has 0 unspecified atom stereocenters. The van der Waals surface area contributed by atoms with E-state index in [1.54, 1.807) is 24.3 Å². The van der Waals surface area contributed by atoms with Crippen LogP contribution >= 0.6 is 0 Å². The molecule has 0 aliphatic heterocycles. The first-order valence-corrected chi connectivity index (χ1v) is 8.42. The lowest BCUT2D eigenvalue weighted by Crippen LogP contribution is -1.90. The molecule has 0 atom stereocenters. The number of nitrogens with zero attached hydrogens (tertiary/aromatic N) is 2. The number of nitriles is 1. The van der Waals surface area contributed by atoms with E-state index in [-0.39, 0.29) is 5.78 Å². The van der Waals surface area contributed by atoms with Gasteiger partial charge in [0.25, 0.3) is 0 Å². The van der Waals surface area contributed by atoms with Crippen LogP contribution in [0.1, 0.15) is 28.9 Å². The molecule has 0 aliphatic carbocycles. The molecule has 5 nitrogen and oxygen atoms in total. The number of para-hydroxylation sites is 2. The average molecular weight is 353 g/mol. The van der Waals surface area contributed by atoms with E-state index in [0.29, 0.717) is 28.5 Å². The Morgan fingerprint density at radius 3 is 2.59 bits per heavy atom. The molecule has 4 aromatic rings. The second-order valence-corrected chi connectivity index (χ2v) is 6.11. The SMILES string of the molecule is CC(=O)c1ccc(-c2ccc(/C=C(/C#N)c3nc4ccccc4[nH]3)o2)cc1. The van der Waals surface area contributed by atoms with Gasteiger partial charge in [-0.25, -0.2) is 4.98 Å². The van der Waals surface area contributed by atoms with Crippen LogP contribution in [0.15, 0.2) is 65.1 Å². The van der Waals surface area contributed by atoms with Crippen LogP contribution in [0.3, 0.4) is 0 Å². The maximum absolute atomic E-state index is 11.4. The van der Waals surface area contributed by atoms with E-state index in [1.165, 1.54) is 6.92 Å². The molecule has 27 heavy (non-hydrogen) atoms. The van der Waals surface area contributed by atoms with E-state index >= 15 is 0 Å². The quantitative estimate of drug-likeness (QED) is 0.409. The molecule has 2 aromatic carbocycles. The highest BCUT2D eigenvalue weighted by atomic mass is 16.3. The molecule has 0 spiro atoms. The van der Waals surface area contributed by atoms with Crippen LogP contribution in [0.4, 0.5) is 0 Å². The molecule has 2 aromatic heterocycles. The molecule has 5 heteroatoms. The third-order valence-electron chi connectivity index (χ3n) is 4.25. The first kappa shape index (κ1) is 16.6. The van der Waals surface area contributed by atoms with Gasteiger partial charge in [0.15, 0.2) is 5.78 Å². The number of fused-ring (bicyclic) bond motifs is 1. The highest BCUT2D eigenvalue weighted by Gasteiger charge is 2.10. The molecule has 1 N–H and O–H groups in total. The van der Waals surface area contributed by atoms with Crippen LogP contribution in [0.25, 0.3) is 34.0 Å². The predicted octanol–water partition coefficient (Wildman–Crippen LogP) is 5.09. The summed E-state index contributed by atoms with van der Waals surface area (Å²) in [5.41, 5.74) is 3.58. The third kappa shape index (κ3) is 3.29. The topological polar surface area (TPSA) is 82.7 Å². The molecule has 0 saturated heterocycles. The molecular formula is C22H15N3O2. The summed E-state index contributed by atoms with van der Waals surface area (Å²) >= 11 is 0. The van der Waals surface area contributed by atoms with Crippen LogP contribution in [0.2, 0.25) is 0 Å². The Balaban J connectivity index is 1.65. The van der Waals surface area contributed by atoms with E-state index in [0.717, 1.165) is 16.6 Å². The standard InChI is InChI=1S/C22H15N3O2/c1-14(26)15-6-8-16(9-7-15)21-11-10-18(27-21)12-17(13-23)22-24-19-4-2-3-5-20(19)25-22/h2-12H,1H3,(H,24,25)/b17-12-. The van der Waals surface area contributed by atoms with Crippen LogP contribution < -0.4 is 0 Å². The van der Waals surface area contributed by atoms with E-state index in [1.807, 2.05) is 42.5 Å². The molecule has 2 heterocycles. The Morgan fingerprint density at radius 2 is 1.89 bits per heavy atom. The van der Waals surface area contributed by atoms with Gasteiger partial charge in [0.2, 0.25) is 0 Å². The monoisotopic (exact) mass is 353 g/mol. The number of allylic oxidation sites excluding steroid dienone is 1. The van der Waals surface area contributed by atoms with E-state index in [9.17, 15) is 10.1 Å². The number of carbonyl (C=O) groups excluding carboxylic acids is 1. The van der Waals surface area contributed by atoms with Crippen molar-refractivity contribution in [1.82, 2.24) is 9.97 Å². The molecule has 0 bridgehead atoms. The molecule has 0 aliphatic rings. The van der Waals surface area contributed by atoms with Crippen molar-refractivity contribution in [3.8, 4) is 17.4 Å². The van der Waals surface area contributed by atoms with Gasteiger partial charge < -0.3 is 9.40 Å². The van der Waals surface area contributed by atoms with Gasteiger partial charge in [0.1, 0.15) is 23.4 Å². The number of furan rings is 1. The number of aromatic nitrogens is 2. The Bertz CT molecular complexity index is 1170. The minimum atomic E-state index is 0.0223. The van der Waals surface area contributed by atoms with E-state index in [2.05, 4.69) is 16.0 Å². The van der Waals surface area contributed by atoms with Crippen LogP contribution in [0, 0.1) is 11.3 Å². The van der Waals surface area contributed by atoms with Gasteiger partial charge in [-0.2, -0.15) is 5.26 Å². The van der Waals surface area contributed by atoms with Crippen molar-refractivity contribution in [2.24, 2.45) is 0 Å². The highest BCUT2D eigenvalue weighted by Crippen LogP contribution is 2.25. The number of imidazole rings is 1. The van der Waals surface area contributed by atoms with E-state index in [4.69, 9.17) is 4.42 Å². The van der Waals surface area contributed by atoms with Crippen LogP contribution in [-0.4, -0.2) is 15.8 Å². The number of Topliss-reactive ketones (excluding diaryl/α,β-unsaturated/α-hetero) is 1. The fourth-order valence-electron chi connectivity index (χ4n) is 2.83. The summed E-state index contributed by atoms with van der Waals surface area (Å²) in [6, 6.07) is 20.6. The van der Waals surface area contributed by atoms with Gasteiger partial charge in [-0.1, -0.05) is 36.4 Å². The second-order valence-electron chi connectivity index (χ2n) is 6.11. The van der Waals surface area contributed by atoms with Gasteiger partial charge in [-0.05, 0) is 31.2 Å². The van der Waals surface area contributed by atoms with Crippen molar-refractivity contribution in [3.63, 3.8) is 0 Å². The number of rotatable bonds is 4. The van der Waals surface area contributed by atoms with Crippen LogP contribution in [0.5, 0.6) is 0 Å². The summed E-state index contributed by atoms with van der Waals surface area (Å²) in [5, 5.41) is 9.52. The minimum Gasteiger partial charge on any atom is -0.457 e. The number of carbonyl (C=O) groups is 1. The van der Waals surface area contributed by atoms with Gasteiger partial charge in [0.05, 0.1) is 16.6 Å². The zero-order valence-corrected chi connectivity index (χ0v) is 14.6. The molecular weight excluding hydrogens is 338 g/mol. The first-order chi connectivity index (χ1) is 13.1. The summed E-state index contributed by atoms with van der Waals surface area (Å²) in [5.74, 6) is 1.74. The maximum Gasteiger partial charge on any atom is 0.159 e. The summed E-state index contributed by atoms with van der Waals surface area (Å²) in [6.45, 7) is 1.53. The first-order valence-electron chi connectivity index (χ1n) is 8.42. The largest absolute Gasteiger partial charge is 0.457 e. The molecule has 0 radical (unpaired) electrons. The van der Waals surface area contributed by atoms with Crippen molar-refractivity contribution in [2.45, 2.75) is 6.92 Å². The average Bonchev–Trinajstić information content (AvgIpc) is 3.33. The lowest BCUT2D eigenvalue weighted by Gasteiger charge is -1.99. The second kappa shape index (κ2) is 6.77. The zero-order chi connectivity index (χ0) is 18.8. The zero-order valence-electron chi connectivity index (χ0n) is 14.6. The Kier molecular flexibility index (Phi) is 4.15. The molecule has 0 saturated carbocycles. The van der Waals surface area contributed by atoms with Crippen molar-refractivity contribution in [1.29, 1.82) is 5.26 Å². The number of H-pyrrole nitrogens is 1. The normalized spacial score (nSPS) is 11.5. The molecule has 0 fully saturated rings. The number of aromatic amines is 1. The number of hydrogen-bond acceptors (Lipinski definition) is 4. The third-order valence-corrected chi connectivity index (χ3v) is 4.25. The summed E-state index contributed by atoms with van der Waals surface area (Å²) in [7, 11) is 0. The number of ketones is 1. The summed E-state index contributed by atoms with van der Waals surface area (Å²) in [6.07, 6.45) is 1.66. The lowest BCUT2D eigenvalue weighted by atomic mass is 10.1. The fourth-order valence-corrected chi connectivity index (χ4v) is 2.83. The van der Waals surface area contributed by atoms with Gasteiger partial charge >= 0.3 is 0 Å². The smallest absolute Gasteiger partial charge is 0.159 e. The van der Waals surface area contributed by atoms with Crippen molar-refractivity contribution >= 4 is 28.5 Å². The van der Waals surface area contributed by atoms with Gasteiger partial charge in [-0.15, -0.1) is 0 Å². The van der Waals surface area contributed by atoms with Crippen molar-refractivity contribution in [3.05, 3.63) is 77.8 Å². The Morgan fingerprint density at radius 1 is 1.11 bits per heavy atom. The maximum atomic E-state index is 11.4. The number of nitrogens with one attached hydrogen (secondary N) is 1. The van der Waals surface area contributed by atoms with Crippen molar-refractivity contribution < 1.29 is 9.21 Å². The van der Waals surface area contributed by atoms with E-state index < -0.39 is 0 Å². The molecule has 4 rings (SSSR count). The Hall–Kier alpha value is -3.91. The predicted molar refractivity (Wildman–Crippen MR) is 104 cm³/mol. The minimum absolute atomic E-state index is 0.0223.